The van der Waals surface area contributed by atoms with Crippen molar-refractivity contribution in [3.8, 4) is 6.01 Å². The number of benzene rings is 1. The van der Waals surface area contributed by atoms with Crippen LogP contribution in [0.15, 0.2) is 18.2 Å². The number of likely N-dealkylation sites (tertiary alicyclic amines) is 1. The summed E-state index contributed by atoms with van der Waals surface area (Å²) in [6.07, 6.45) is 0.816. The molecule has 1 saturated heterocycles. The van der Waals surface area contributed by atoms with Gasteiger partial charge in [-0.15, -0.1) is 0 Å². The molecule has 1 unspecified atom stereocenters. The zero-order valence-corrected chi connectivity index (χ0v) is 29.6. The minimum atomic E-state index is -4.58. The summed E-state index contributed by atoms with van der Waals surface area (Å²) in [5.74, 6) is 0.483. The van der Waals surface area contributed by atoms with Crippen molar-refractivity contribution in [2.45, 2.75) is 108 Å². The van der Waals surface area contributed by atoms with Crippen LogP contribution < -0.4 is 9.64 Å². The van der Waals surface area contributed by atoms with E-state index in [1.54, 1.807) is 11.0 Å². The predicted octanol–water partition coefficient (Wildman–Crippen LogP) is 8.38. The molecule has 1 aliphatic carbocycles. The van der Waals surface area contributed by atoms with E-state index in [0.717, 1.165) is 49.9 Å². The molecule has 5 rings (SSSR count). The number of hydrogen-bond donors (Lipinski definition) is 0. The SMILES string of the molecule is [C-]#[N+]C[C@@H]1CCCC(c2nc(OC[C@@H]3C[C@@H](O[Si](C)(C)C(C)(C)C)CN3C)nc3c2CCN(c2cccc(Cl)c2C(F)(F)F)C3)C1. The largest absolute Gasteiger partial charge is 0.462 e. The van der Waals surface area contributed by atoms with Crippen molar-refractivity contribution in [2.75, 3.05) is 38.2 Å². The average molecular weight is 678 g/mol. The minimum Gasteiger partial charge on any atom is -0.462 e. The Morgan fingerprint density at radius 3 is 2.59 bits per heavy atom. The first-order chi connectivity index (χ1) is 21.6. The number of rotatable bonds is 8. The minimum absolute atomic E-state index is 0.0587. The third kappa shape index (κ3) is 7.67. The van der Waals surface area contributed by atoms with E-state index in [9.17, 15) is 13.2 Å². The van der Waals surface area contributed by atoms with Gasteiger partial charge in [0.05, 0.1) is 40.3 Å². The van der Waals surface area contributed by atoms with E-state index in [4.69, 9.17) is 37.3 Å². The van der Waals surface area contributed by atoms with Gasteiger partial charge in [-0.1, -0.05) is 44.9 Å². The molecule has 1 aromatic carbocycles. The van der Waals surface area contributed by atoms with Crippen LogP contribution in [0.5, 0.6) is 6.01 Å². The molecule has 3 aliphatic rings. The molecule has 3 heterocycles. The van der Waals surface area contributed by atoms with Crippen LogP contribution in [0.1, 0.15) is 81.3 Å². The van der Waals surface area contributed by atoms with Gasteiger partial charge in [0, 0.05) is 31.0 Å². The molecule has 0 N–H and O–H groups in total. The highest BCUT2D eigenvalue weighted by atomic mass is 35.5. The van der Waals surface area contributed by atoms with Crippen molar-refractivity contribution in [2.24, 2.45) is 5.92 Å². The number of fused-ring (bicyclic) bond motifs is 1. The lowest BCUT2D eigenvalue weighted by atomic mass is 9.78. The Morgan fingerprint density at radius 1 is 1.13 bits per heavy atom. The van der Waals surface area contributed by atoms with Crippen LogP contribution in [0, 0.1) is 12.5 Å². The van der Waals surface area contributed by atoms with Gasteiger partial charge >= 0.3 is 12.2 Å². The lowest BCUT2D eigenvalue weighted by Gasteiger charge is -2.38. The van der Waals surface area contributed by atoms with Gasteiger partial charge in [0.15, 0.2) is 8.32 Å². The lowest BCUT2D eigenvalue weighted by Crippen LogP contribution is -2.44. The maximum atomic E-state index is 14.1. The van der Waals surface area contributed by atoms with Crippen molar-refractivity contribution in [3.63, 3.8) is 0 Å². The van der Waals surface area contributed by atoms with Crippen molar-refractivity contribution in [3.05, 3.63) is 57.2 Å². The van der Waals surface area contributed by atoms with E-state index >= 15 is 0 Å². The summed E-state index contributed by atoms with van der Waals surface area (Å²) in [7, 11) is 0.167. The Morgan fingerprint density at radius 2 is 1.89 bits per heavy atom. The standard InChI is InChI=1S/C34H47ClF3N5O2Si/c1-33(2,3)46(6,7)45-25-17-24(42(5)19-25)21-44-32-40-28-20-43(29-13-9-12-27(35)30(29)34(36,37)38)15-14-26(28)31(41-32)23-11-8-10-22(16-23)18-39-4/h9,12-13,22-25H,8,10-11,14-21H2,1-3,5-7H3/t22-,23?,24+,25-/m1/s1. The highest BCUT2D eigenvalue weighted by molar-refractivity contribution is 6.74. The Labute approximate surface area is 277 Å². The Kier molecular flexibility index (Phi) is 10.3. The van der Waals surface area contributed by atoms with E-state index in [1.807, 2.05) is 0 Å². The van der Waals surface area contributed by atoms with E-state index in [2.05, 4.69) is 50.7 Å². The molecule has 4 atom stereocenters. The van der Waals surface area contributed by atoms with Gasteiger partial charge in [-0.25, -0.2) is 6.57 Å². The monoisotopic (exact) mass is 677 g/mol. The molecular formula is C34H47ClF3N5O2Si. The van der Waals surface area contributed by atoms with Crippen molar-refractivity contribution < 1.29 is 22.3 Å². The molecule has 7 nitrogen and oxygen atoms in total. The van der Waals surface area contributed by atoms with E-state index < -0.39 is 20.1 Å². The first kappa shape index (κ1) is 34.9. The molecule has 2 aliphatic heterocycles. The number of halogens is 4. The number of anilines is 1. The summed E-state index contributed by atoms with van der Waals surface area (Å²) in [5.41, 5.74) is 1.89. The van der Waals surface area contributed by atoms with E-state index in [0.29, 0.717) is 37.7 Å². The second-order valence-electron chi connectivity index (χ2n) is 14.8. The summed E-state index contributed by atoms with van der Waals surface area (Å²) >= 11 is 6.08. The van der Waals surface area contributed by atoms with Crippen molar-refractivity contribution in [1.82, 2.24) is 14.9 Å². The number of ether oxygens (including phenoxy) is 1. The van der Waals surface area contributed by atoms with Crippen LogP contribution >= 0.6 is 11.6 Å². The van der Waals surface area contributed by atoms with Gasteiger partial charge in [-0.05, 0) is 75.0 Å². The summed E-state index contributed by atoms with van der Waals surface area (Å²) in [5, 5.41) is -0.187. The zero-order chi connectivity index (χ0) is 33.4. The first-order valence-corrected chi connectivity index (χ1v) is 19.7. The molecule has 0 bridgehead atoms. The van der Waals surface area contributed by atoms with Crippen molar-refractivity contribution >= 4 is 25.6 Å². The summed E-state index contributed by atoms with van der Waals surface area (Å²) < 4.78 is 55.3. The van der Waals surface area contributed by atoms with Gasteiger partial charge in [0.25, 0.3) is 0 Å². The van der Waals surface area contributed by atoms with Crippen LogP contribution in [0.2, 0.25) is 23.2 Å². The fraction of sp³-hybridized carbons (Fsp3) is 0.676. The van der Waals surface area contributed by atoms with Gasteiger partial charge in [-0.3, -0.25) is 4.90 Å². The molecular weight excluding hydrogens is 631 g/mol. The topological polar surface area (TPSA) is 55.1 Å². The Hall–Kier alpha value is -2.39. The molecule has 0 amide bonds. The molecule has 12 heteroatoms. The highest BCUT2D eigenvalue weighted by Gasteiger charge is 2.42. The van der Waals surface area contributed by atoms with E-state index in [-0.39, 0.29) is 46.4 Å². The predicted molar refractivity (Wildman–Crippen MR) is 178 cm³/mol. The Balaban J connectivity index is 1.40. The van der Waals surface area contributed by atoms with E-state index in [1.165, 1.54) is 12.1 Å². The molecule has 1 aromatic heterocycles. The maximum absolute atomic E-state index is 14.1. The van der Waals surface area contributed by atoms with Crippen LogP contribution in [0.3, 0.4) is 0 Å². The molecule has 2 aromatic rings. The Bertz CT molecular complexity index is 1440. The number of nitrogens with zero attached hydrogens (tertiary/aromatic N) is 5. The number of alkyl halides is 3. The molecule has 1 saturated carbocycles. The average Bonchev–Trinajstić information content (AvgIpc) is 3.32. The van der Waals surface area contributed by atoms with Gasteiger partial charge in [0.2, 0.25) is 6.54 Å². The van der Waals surface area contributed by atoms with Gasteiger partial charge < -0.3 is 18.9 Å². The van der Waals surface area contributed by atoms with Crippen LogP contribution in [-0.4, -0.2) is 68.6 Å². The fourth-order valence-corrected chi connectivity index (χ4v) is 8.64. The van der Waals surface area contributed by atoms with Crippen LogP contribution in [-0.2, 0) is 23.6 Å². The van der Waals surface area contributed by atoms with Gasteiger partial charge in [-0.2, -0.15) is 23.1 Å². The lowest BCUT2D eigenvalue weighted by molar-refractivity contribution is -0.137. The molecule has 2 fully saturated rings. The fourth-order valence-electron chi connectivity index (χ4n) is 7.01. The maximum Gasteiger partial charge on any atom is 0.419 e. The summed E-state index contributed by atoms with van der Waals surface area (Å²) in [4.78, 5) is 17.5. The van der Waals surface area contributed by atoms with Crippen molar-refractivity contribution in [1.29, 1.82) is 0 Å². The number of aromatic nitrogens is 2. The number of hydrogen-bond acceptors (Lipinski definition) is 6. The molecule has 0 radical (unpaired) electrons. The first-order valence-electron chi connectivity index (χ1n) is 16.4. The third-order valence-electron chi connectivity index (χ3n) is 10.5. The number of likely N-dealkylation sites (N-methyl/N-ethyl adjacent to an activating group) is 1. The molecule has 0 spiro atoms. The van der Waals surface area contributed by atoms with Crippen LogP contribution in [0.4, 0.5) is 18.9 Å². The zero-order valence-electron chi connectivity index (χ0n) is 27.9. The second kappa shape index (κ2) is 13.6. The molecule has 252 valence electrons. The van der Waals surface area contributed by atoms with Gasteiger partial charge in [0.1, 0.15) is 6.61 Å². The quantitative estimate of drug-likeness (QED) is 0.207. The highest BCUT2D eigenvalue weighted by Crippen LogP contribution is 2.44. The van der Waals surface area contributed by atoms with Crippen LogP contribution in [0.25, 0.3) is 4.85 Å². The third-order valence-corrected chi connectivity index (χ3v) is 15.4. The smallest absolute Gasteiger partial charge is 0.419 e. The second-order valence-corrected chi connectivity index (χ2v) is 20.0. The summed E-state index contributed by atoms with van der Waals surface area (Å²) in [6.45, 7) is 21.0. The summed E-state index contributed by atoms with van der Waals surface area (Å²) in [6, 6.07) is 4.72. The normalized spacial score (nSPS) is 24.5. The molecule has 46 heavy (non-hydrogen) atoms.